The number of fused-ring (bicyclic) bond motifs is 5. The van der Waals surface area contributed by atoms with Gasteiger partial charge in [0.2, 0.25) is 0 Å². The molecule has 11 heteroatoms. The Morgan fingerprint density at radius 2 is 1.80 bits per heavy atom. The average Bonchev–Trinajstić information content (AvgIpc) is 3.37. The Hall–Kier alpha value is -4.25. The van der Waals surface area contributed by atoms with Crippen molar-refractivity contribution in [2.45, 2.75) is 102 Å². The second kappa shape index (κ2) is 11.2. The first-order valence-electron chi connectivity index (χ1n) is 16.0. The molecule has 1 atom stereocenters. The number of cyclic esters (lactones) is 1. The number of aliphatic carboxylic acids is 1. The van der Waals surface area contributed by atoms with E-state index >= 15 is 0 Å². The van der Waals surface area contributed by atoms with Crippen LogP contribution in [0.15, 0.2) is 35.1 Å². The van der Waals surface area contributed by atoms with E-state index in [1.54, 1.807) is 31.4 Å². The van der Waals surface area contributed by atoms with Crippen LogP contribution in [-0.2, 0) is 36.6 Å². The molecule has 2 aliphatic heterocycles. The van der Waals surface area contributed by atoms with E-state index in [0.29, 0.717) is 67.5 Å². The molecule has 1 fully saturated rings. The van der Waals surface area contributed by atoms with E-state index in [9.17, 15) is 29.4 Å². The fourth-order valence-corrected chi connectivity index (χ4v) is 7.47. The Kier molecular flexibility index (Phi) is 7.74. The molecule has 1 aromatic carbocycles. The number of benzene rings is 1. The summed E-state index contributed by atoms with van der Waals surface area (Å²) in [5.41, 5.74) is 1.72. The molecule has 0 bridgehead atoms. The molecule has 3 aromatic rings. The average molecular weight is 632 g/mol. The zero-order valence-electron chi connectivity index (χ0n) is 26.9. The third kappa shape index (κ3) is 5.24. The Morgan fingerprint density at radius 3 is 2.43 bits per heavy atom. The van der Waals surface area contributed by atoms with Crippen LogP contribution in [0.2, 0.25) is 0 Å². The summed E-state index contributed by atoms with van der Waals surface area (Å²) in [4.78, 5) is 56.0. The van der Waals surface area contributed by atoms with Crippen molar-refractivity contribution in [2.75, 3.05) is 6.54 Å². The Balaban J connectivity index is 1.39. The smallest absolute Gasteiger partial charge is 0.407 e. The van der Waals surface area contributed by atoms with E-state index in [0.717, 1.165) is 16.5 Å². The molecule has 46 heavy (non-hydrogen) atoms. The summed E-state index contributed by atoms with van der Waals surface area (Å²) in [7, 11) is 0. The standard InChI is InChI=1S/C35H41N3O8/c1-6-35(7-2)26-23(28(39)31(43)45-35)16-25-27-21(17-38(25)29(26)40)14-20-15-22(8-9-24(20)37-27)34(12-10-19(11-13-34)30(41)42)18-36-32(44)46-33(3,4)5/h8-9,14-16,19,28,39H,6-7,10-13,17-18H2,1-5H3,(H,36,44)(H,41,42)/t19-,28?,34+. The molecular weight excluding hydrogens is 590 g/mol. The number of aliphatic hydroxyl groups is 1. The van der Waals surface area contributed by atoms with Crippen molar-refractivity contribution in [3.8, 4) is 11.4 Å². The minimum absolute atomic E-state index is 0.276. The van der Waals surface area contributed by atoms with Crippen molar-refractivity contribution in [1.82, 2.24) is 14.9 Å². The van der Waals surface area contributed by atoms with Crippen molar-refractivity contribution in [3.63, 3.8) is 0 Å². The van der Waals surface area contributed by atoms with Gasteiger partial charge < -0.3 is 29.6 Å². The number of nitrogens with zero attached hydrogens (tertiary/aromatic N) is 2. The highest BCUT2D eigenvalue weighted by molar-refractivity contribution is 5.86. The van der Waals surface area contributed by atoms with Gasteiger partial charge in [-0.1, -0.05) is 19.9 Å². The third-order valence-corrected chi connectivity index (χ3v) is 10.1. The van der Waals surface area contributed by atoms with Crippen LogP contribution in [0, 0.1) is 5.92 Å². The van der Waals surface area contributed by atoms with Crippen molar-refractivity contribution < 1.29 is 34.1 Å². The topological polar surface area (TPSA) is 157 Å². The van der Waals surface area contributed by atoms with Gasteiger partial charge in [-0.3, -0.25) is 9.59 Å². The van der Waals surface area contributed by atoms with E-state index < -0.39 is 46.7 Å². The van der Waals surface area contributed by atoms with Crippen LogP contribution in [-0.4, -0.2) is 49.9 Å². The van der Waals surface area contributed by atoms with Crippen LogP contribution in [0.4, 0.5) is 4.79 Å². The van der Waals surface area contributed by atoms with Crippen LogP contribution in [0.5, 0.6) is 0 Å². The van der Waals surface area contributed by atoms with Crippen molar-refractivity contribution >= 4 is 28.9 Å². The zero-order valence-corrected chi connectivity index (χ0v) is 26.9. The fourth-order valence-electron chi connectivity index (χ4n) is 7.47. The lowest BCUT2D eigenvalue weighted by molar-refractivity contribution is -0.177. The van der Waals surface area contributed by atoms with Crippen LogP contribution >= 0.6 is 0 Å². The summed E-state index contributed by atoms with van der Waals surface area (Å²) in [6.07, 6.45) is 0.872. The van der Waals surface area contributed by atoms with Crippen LogP contribution in [0.3, 0.4) is 0 Å². The number of aromatic nitrogens is 2. The summed E-state index contributed by atoms with van der Waals surface area (Å²) in [6, 6.07) is 9.65. The van der Waals surface area contributed by atoms with Gasteiger partial charge in [0.25, 0.3) is 5.56 Å². The third-order valence-electron chi connectivity index (χ3n) is 10.1. The van der Waals surface area contributed by atoms with Crippen molar-refractivity contribution in [1.29, 1.82) is 0 Å². The molecule has 4 heterocycles. The lowest BCUT2D eigenvalue weighted by atomic mass is 9.66. The molecule has 1 unspecified atom stereocenters. The molecule has 3 aliphatic rings. The van der Waals surface area contributed by atoms with Gasteiger partial charge in [-0.25, -0.2) is 14.6 Å². The number of nitrogens with one attached hydrogen (secondary N) is 1. The molecular formula is C35H41N3O8. The SMILES string of the molecule is CCC1(CC)OC(=O)C(O)c2cc3n(c(=O)c21)Cc1cc2cc([C@]4(CNC(=O)OC(C)(C)C)CC[C@H](C(=O)O)CC4)ccc2nc1-3. The maximum Gasteiger partial charge on any atom is 0.407 e. The highest BCUT2D eigenvalue weighted by atomic mass is 16.6. The summed E-state index contributed by atoms with van der Waals surface area (Å²) in [5, 5.41) is 24.2. The number of carbonyl (C=O) groups excluding carboxylic acids is 2. The van der Waals surface area contributed by atoms with Gasteiger partial charge in [-0.2, -0.15) is 0 Å². The Labute approximate surface area is 266 Å². The lowest BCUT2D eigenvalue weighted by Gasteiger charge is -2.40. The molecule has 244 valence electrons. The molecule has 3 N–H and O–H groups in total. The van der Waals surface area contributed by atoms with Gasteiger partial charge in [0.05, 0.1) is 34.9 Å². The molecule has 1 amide bonds. The molecule has 0 spiro atoms. The number of ether oxygens (including phenoxy) is 2. The molecule has 11 nitrogen and oxygen atoms in total. The zero-order chi connectivity index (χ0) is 33.2. The van der Waals surface area contributed by atoms with Crippen LogP contribution in [0.1, 0.15) is 102 Å². The number of amides is 1. The normalized spacial score (nSPS) is 23.2. The van der Waals surface area contributed by atoms with Gasteiger partial charge in [0.15, 0.2) is 6.10 Å². The van der Waals surface area contributed by atoms with Crippen LogP contribution in [0.25, 0.3) is 22.3 Å². The summed E-state index contributed by atoms with van der Waals surface area (Å²) < 4.78 is 12.8. The number of carbonyl (C=O) groups is 3. The largest absolute Gasteiger partial charge is 0.481 e. The molecule has 1 saturated carbocycles. The highest BCUT2D eigenvalue weighted by Gasteiger charge is 2.47. The number of rotatable bonds is 6. The highest BCUT2D eigenvalue weighted by Crippen LogP contribution is 2.45. The summed E-state index contributed by atoms with van der Waals surface area (Å²) in [6.45, 7) is 9.70. The number of esters is 1. The second-order valence-corrected chi connectivity index (χ2v) is 13.9. The molecule has 2 aromatic heterocycles. The predicted molar refractivity (Wildman–Crippen MR) is 169 cm³/mol. The minimum atomic E-state index is -1.55. The van der Waals surface area contributed by atoms with E-state index in [2.05, 4.69) is 5.32 Å². The first-order chi connectivity index (χ1) is 21.7. The number of aliphatic hydroxyl groups excluding tert-OH is 1. The van der Waals surface area contributed by atoms with Gasteiger partial charge in [0.1, 0.15) is 11.2 Å². The molecule has 0 radical (unpaired) electrons. The van der Waals surface area contributed by atoms with Gasteiger partial charge in [-0.05, 0) is 89.1 Å². The second-order valence-electron chi connectivity index (χ2n) is 13.9. The number of pyridine rings is 2. The summed E-state index contributed by atoms with van der Waals surface area (Å²) >= 11 is 0. The monoisotopic (exact) mass is 631 g/mol. The number of carboxylic acid groups (broad SMARTS) is 1. The van der Waals surface area contributed by atoms with E-state index in [-0.39, 0.29) is 17.7 Å². The van der Waals surface area contributed by atoms with Crippen molar-refractivity contribution in [2.24, 2.45) is 5.92 Å². The maximum absolute atomic E-state index is 14.0. The van der Waals surface area contributed by atoms with Gasteiger partial charge in [-0.15, -0.1) is 0 Å². The Morgan fingerprint density at radius 1 is 1.11 bits per heavy atom. The van der Waals surface area contributed by atoms with E-state index in [4.69, 9.17) is 14.5 Å². The van der Waals surface area contributed by atoms with Gasteiger partial charge >= 0.3 is 18.0 Å². The quantitative estimate of drug-likeness (QED) is 0.247. The van der Waals surface area contributed by atoms with Gasteiger partial charge in [0, 0.05) is 28.5 Å². The molecule has 0 saturated heterocycles. The predicted octanol–water partition coefficient (Wildman–Crippen LogP) is 5.07. The number of carboxylic acids is 1. The molecule has 1 aliphatic carbocycles. The first-order valence-corrected chi connectivity index (χ1v) is 16.0. The number of hydrogen-bond acceptors (Lipinski definition) is 8. The Bertz CT molecular complexity index is 1810. The van der Waals surface area contributed by atoms with E-state index in [1.165, 1.54) is 0 Å². The summed E-state index contributed by atoms with van der Waals surface area (Å²) in [5.74, 6) is -1.99. The van der Waals surface area contributed by atoms with Crippen molar-refractivity contribution in [3.05, 3.63) is 62.9 Å². The lowest BCUT2D eigenvalue weighted by Crippen LogP contribution is -2.45. The number of alkyl carbamates (subject to hydrolysis) is 1. The number of hydrogen-bond donors (Lipinski definition) is 3. The van der Waals surface area contributed by atoms with E-state index in [1.807, 2.05) is 38.1 Å². The first kappa shape index (κ1) is 31.7. The maximum atomic E-state index is 14.0. The van der Waals surface area contributed by atoms with Crippen LogP contribution < -0.4 is 10.9 Å². The molecule has 6 rings (SSSR count). The minimum Gasteiger partial charge on any atom is -0.481 e. The fraction of sp³-hybridized carbons (Fsp3) is 0.514.